The zero-order chi connectivity index (χ0) is 15.0. The van der Waals surface area contributed by atoms with E-state index in [0.717, 1.165) is 14.6 Å². The van der Waals surface area contributed by atoms with Crippen LogP contribution in [0.4, 0.5) is 4.39 Å². The summed E-state index contributed by atoms with van der Waals surface area (Å²) in [6.45, 7) is 2.26. The van der Waals surface area contributed by atoms with E-state index < -0.39 is 5.82 Å². The fourth-order valence-corrected chi connectivity index (χ4v) is 3.05. The highest BCUT2D eigenvalue weighted by atomic mass is 127. The predicted molar refractivity (Wildman–Crippen MR) is 92.3 cm³/mol. The van der Waals surface area contributed by atoms with Crippen molar-refractivity contribution >= 4 is 45.8 Å². The molecular formula is C15H12FIN2OS. The molecule has 3 nitrogen and oxygen atoms in total. The number of nitrogens with one attached hydrogen (secondary N) is 1. The Balaban J connectivity index is 2.18. The number of aromatic nitrogens is 2. The Bertz CT molecular complexity index is 872. The van der Waals surface area contributed by atoms with Gasteiger partial charge in [0.15, 0.2) is 16.3 Å². The molecule has 0 amide bonds. The number of benzene rings is 2. The second-order valence-electron chi connectivity index (χ2n) is 4.47. The van der Waals surface area contributed by atoms with Crippen LogP contribution in [-0.4, -0.2) is 16.2 Å². The first kappa shape index (κ1) is 14.5. The quantitative estimate of drug-likeness (QED) is 0.492. The lowest BCUT2D eigenvalue weighted by Crippen LogP contribution is -1.98. The maximum Gasteiger partial charge on any atom is 0.182 e. The summed E-state index contributed by atoms with van der Waals surface area (Å²) in [5.74, 6) is -0.140. The van der Waals surface area contributed by atoms with Gasteiger partial charge in [0.05, 0.1) is 23.3 Å². The molecule has 3 aromatic rings. The SMILES string of the molecule is CCOc1ccc(-n2c(=S)[nH]c3cc(I)ccc32)cc1F. The first-order chi connectivity index (χ1) is 10.1. The monoisotopic (exact) mass is 414 g/mol. The highest BCUT2D eigenvalue weighted by molar-refractivity contribution is 14.1. The second-order valence-corrected chi connectivity index (χ2v) is 6.11. The maximum atomic E-state index is 14.0. The van der Waals surface area contributed by atoms with Crippen molar-refractivity contribution in [3.63, 3.8) is 0 Å². The van der Waals surface area contributed by atoms with Gasteiger partial charge in [0, 0.05) is 9.64 Å². The van der Waals surface area contributed by atoms with Gasteiger partial charge < -0.3 is 9.72 Å². The minimum atomic E-state index is -0.392. The molecule has 0 saturated carbocycles. The van der Waals surface area contributed by atoms with Gasteiger partial charge in [-0.2, -0.15) is 0 Å². The largest absolute Gasteiger partial charge is 0.491 e. The predicted octanol–water partition coefficient (Wildman–Crippen LogP) is 4.83. The van der Waals surface area contributed by atoms with Gasteiger partial charge in [0.25, 0.3) is 0 Å². The number of imidazole rings is 1. The molecule has 2 aromatic carbocycles. The van der Waals surface area contributed by atoms with Crippen molar-refractivity contribution in [2.45, 2.75) is 6.92 Å². The average Bonchev–Trinajstić information content (AvgIpc) is 2.76. The number of ether oxygens (including phenoxy) is 1. The molecule has 0 fully saturated rings. The van der Waals surface area contributed by atoms with E-state index in [1.807, 2.05) is 29.7 Å². The summed E-state index contributed by atoms with van der Waals surface area (Å²) >= 11 is 7.60. The molecule has 108 valence electrons. The second kappa shape index (κ2) is 5.76. The number of aromatic amines is 1. The van der Waals surface area contributed by atoms with Crippen LogP contribution in [0.3, 0.4) is 0 Å². The normalized spacial score (nSPS) is 11.0. The lowest BCUT2D eigenvalue weighted by Gasteiger charge is -2.08. The van der Waals surface area contributed by atoms with Crippen LogP contribution < -0.4 is 4.74 Å². The van der Waals surface area contributed by atoms with Crippen LogP contribution in [-0.2, 0) is 0 Å². The summed E-state index contributed by atoms with van der Waals surface area (Å²) in [6, 6.07) is 10.8. The van der Waals surface area contributed by atoms with Gasteiger partial charge in [-0.15, -0.1) is 0 Å². The van der Waals surface area contributed by atoms with Gasteiger partial charge >= 0.3 is 0 Å². The molecule has 0 aliphatic heterocycles. The topological polar surface area (TPSA) is 29.9 Å². The Hall–Kier alpha value is -1.41. The van der Waals surface area contributed by atoms with Crippen LogP contribution >= 0.6 is 34.8 Å². The molecular weight excluding hydrogens is 402 g/mol. The molecule has 0 unspecified atom stereocenters. The molecule has 0 atom stereocenters. The number of hydrogen-bond acceptors (Lipinski definition) is 2. The summed E-state index contributed by atoms with van der Waals surface area (Å²) in [5.41, 5.74) is 2.53. The van der Waals surface area contributed by atoms with Crippen molar-refractivity contribution in [3.05, 3.63) is 50.6 Å². The van der Waals surface area contributed by atoms with Crippen molar-refractivity contribution in [2.75, 3.05) is 6.61 Å². The molecule has 0 bridgehead atoms. The van der Waals surface area contributed by atoms with Crippen LogP contribution in [0.1, 0.15) is 6.92 Å². The standard InChI is InChI=1S/C15H12FIN2OS/c1-2-20-14-6-4-10(8-11(14)16)19-13-5-3-9(17)7-12(13)18-15(19)21/h3-8H,2H2,1H3,(H,18,21). The third-order valence-electron chi connectivity index (χ3n) is 3.12. The van der Waals surface area contributed by atoms with Gasteiger partial charge in [0.2, 0.25) is 0 Å². The van der Waals surface area contributed by atoms with E-state index in [-0.39, 0.29) is 5.75 Å². The minimum Gasteiger partial charge on any atom is -0.491 e. The molecule has 3 rings (SSSR count). The zero-order valence-corrected chi connectivity index (χ0v) is 14.2. The van der Waals surface area contributed by atoms with Crippen LogP contribution in [0.2, 0.25) is 0 Å². The third-order valence-corrected chi connectivity index (χ3v) is 4.07. The van der Waals surface area contributed by atoms with Crippen LogP contribution in [0.5, 0.6) is 5.75 Å². The Kier molecular flexibility index (Phi) is 3.99. The molecule has 1 N–H and O–H groups in total. The highest BCUT2D eigenvalue weighted by Gasteiger charge is 2.10. The Morgan fingerprint density at radius 2 is 2.10 bits per heavy atom. The highest BCUT2D eigenvalue weighted by Crippen LogP contribution is 2.25. The Morgan fingerprint density at radius 1 is 1.29 bits per heavy atom. The van der Waals surface area contributed by atoms with Gasteiger partial charge in [-0.3, -0.25) is 4.57 Å². The van der Waals surface area contributed by atoms with E-state index in [0.29, 0.717) is 17.1 Å². The lowest BCUT2D eigenvalue weighted by molar-refractivity contribution is 0.321. The van der Waals surface area contributed by atoms with Gasteiger partial charge in [-0.25, -0.2) is 4.39 Å². The molecule has 0 aliphatic rings. The number of fused-ring (bicyclic) bond motifs is 1. The summed E-state index contributed by atoms with van der Waals surface area (Å²) in [7, 11) is 0. The van der Waals surface area contributed by atoms with E-state index in [4.69, 9.17) is 17.0 Å². The Labute approximate surface area is 139 Å². The molecule has 1 heterocycles. The zero-order valence-electron chi connectivity index (χ0n) is 11.2. The molecule has 0 saturated heterocycles. The van der Waals surface area contributed by atoms with Crippen LogP contribution in [0, 0.1) is 14.2 Å². The first-order valence-electron chi connectivity index (χ1n) is 6.43. The fourth-order valence-electron chi connectivity index (χ4n) is 2.24. The molecule has 6 heteroatoms. The molecule has 0 aliphatic carbocycles. The van der Waals surface area contributed by atoms with Crippen molar-refractivity contribution in [1.82, 2.24) is 9.55 Å². The number of nitrogens with zero attached hydrogens (tertiary/aromatic N) is 1. The van der Waals surface area contributed by atoms with E-state index >= 15 is 0 Å². The maximum absolute atomic E-state index is 14.0. The van der Waals surface area contributed by atoms with E-state index in [9.17, 15) is 4.39 Å². The third kappa shape index (κ3) is 2.69. The number of H-pyrrole nitrogens is 1. The summed E-state index contributed by atoms with van der Waals surface area (Å²) in [6.07, 6.45) is 0. The number of halogens is 2. The van der Waals surface area contributed by atoms with E-state index in [2.05, 4.69) is 27.6 Å². The fraction of sp³-hybridized carbons (Fsp3) is 0.133. The van der Waals surface area contributed by atoms with Crippen molar-refractivity contribution < 1.29 is 9.13 Å². The van der Waals surface area contributed by atoms with Crippen molar-refractivity contribution in [1.29, 1.82) is 0 Å². The molecule has 1 aromatic heterocycles. The number of rotatable bonds is 3. The minimum absolute atomic E-state index is 0.252. The average molecular weight is 414 g/mol. The first-order valence-corrected chi connectivity index (χ1v) is 7.92. The summed E-state index contributed by atoms with van der Waals surface area (Å²) in [4.78, 5) is 3.14. The van der Waals surface area contributed by atoms with Crippen molar-refractivity contribution in [2.24, 2.45) is 0 Å². The van der Waals surface area contributed by atoms with E-state index in [1.54, 1.807) is 12.1 Å². The van der Waals surface area contributed by atoms with E-state index in [1.165, 1.54) is 6.07 Å². The number of hydrogen-bond donors (Lipinski definition) is 1. The van der Waals surface area contributed by atoms with Gasteiger partial charge in [-0.05, 0) is 72.1 Å². The molecule has 0 radical (unpaired) electrons. The Morgan fingerprint density at radius 3 is 2.81 bits per heavy atom. The molecule has 21 heavy (non-hydrogen) atoms. The summed E-state index contributed by atoms with van der Waals surface area (Å²) < 4.78 is 22.7. The van der Waals surface area contributed by atoms with Gasteiger partial charge in [-0.1, -0.05) is 0 Å². The van der Waals surface area contributed by atoms with Crippen LogP contribution in [0.25, 0.3) is 16.7 Å². The summed E-state index contributed by atoms with van der Waals surface area (Å²) in [5, 5.41) is 0. The van der Waals surface area contributed by atoms with Crippen LogP contribution in [0.15, 0.2) is 36.4 Å². The smallest absolute Gasteiger partial charge is 0.182 e. The van der Waals surface area contributed by atoms with Crippen molar-refractivity contribution in [3.8, 4) is 11.4 Å². The molecule has 0 spiro atoms. The van der Waals surface area contributed by atoms with Gasteiger partial charge in [0.1, 0.15) is 0 Å². The lowest BCUT2D eigenvalue weighted by atomic mass is 10.2.